The molecule has 122 valence electrons. The molecule has 0 saturated heterocycles. The van der Waals surface area contributed by atoms with E-state index in [2.05, 4.69) is 20.6 Å². The van der Waals surface area contributed by atoms with Crippen LogP contribution in [0.25, 0.3) is 10.9 Å². The van der Waals surface area contributed by atoms with Crippen molar-refractivity contribution in [1.29, 1.82) is 0 Å². The largest absolute Gasteiger partial charge is 0.300 e. The van der Waals surface area contributed by atoms with Gasteiger partial charge in [-0.05, 0) is 38.3 Å². The molecular weight excluding hydrogens is 326 g/mol. The quantitative estimate of drug-likeness (QED) is 0.786. The van der Waals surface area contributed by atoms with Crippen molar-refractivity contribution in [3.8, 4) is 0 Å². The number of fused-ring (bicyclic) bond motifs is 2. The van der Waals surface area contributed by atoms with E-state index in [9.17, 15) is 9.59 Å². The Morgan fingerprint density at radius 3 is 3.00 bits per heavy atom. The van der Waals surface area contributed by atoms with Gasteiger partial charge in [0, 0.05) is 4.88 Å². The summed E-state index contributed by atoms with van der Waals surface area (Å²) in [4.78, 5) is 30.6. The van der Waals surface area contributed by atoms with E-state index in [0.29, 0.717) is 16.0 Å². The third-order valence-corrected chi connectivity index (χ3v) is 5.24. The maximum atomic E-state index is 12.5. The third kappa shape index (κ3) is 2.48. The number of carbonyl (C=O) groups is 1. The Labute approximate surface area is 141 Å². The zero-order valence-corrected chi connectivity index (χ0v) is 13.8. The van der Waals surface area contributed by atoms with Crippen LogP contribution in [0.1, 0.15) is 30.0 Å². The molecule has 0 fully saturated rings. The predicted molar refractivity (Wildman–Crippen MR) is 91.3 cm³/mol. The Bertz CT molecular complexity index is 972. The van der Waals surface area contributed by atoms with Gasteiger partial charge in [-0.15, -0.1) is 16.4 Å². The molecule has 1 aliphatic rings. The number of nitrogens with one attached hydrogen (secondary N) is 1. The van der Waals surface area contributed by atoms with Crippen molar-refractivity contribution in [2.75, 3.05) is 5.32 Å². The highest BCUT2D eigenvalue weighted by atomic mass is 32.1. The summed E-state index contributed by atoms with van der Waals surface area (Å²) < 4.78 is 1.11. The molecule has 7 nitrogen and oxygen atoms in total. The summed E-state index contributed by atoms with van der Waals surface area (Å²) in [6.45, 7) is 1.63. The molecule has 1 atom stereocenters. The summed E-state index contributed by atoms with van der Waals surface area (Å²) in [5.41, 5.74) is 1.26. The molecule has 3 aromatic rings. The number of nitrogens with zero attached hydrogens (tertiary/aromatic N) is 4. The smallest absolute Gasteiger partial charge is 0.278 e. The molecule has 2 aromatic heterocycles. The number of aryl methyl sites for hydroxylation is 2. The van der Waals surface area contributed by atoms with Crippen molar-refractivity contribution in [3.05, 3.63) is 45.2 Å². The van der Waals surface area contributed by atoms with Crippen LogP contribution in [0.2, 0.25) is 0 Å². The fourth-order valence-corrected chi connectivity index (χ4v) is 3.87. The molecule has 4 rings (SSSR count). The highest BCUT2D eigenvalue weighted by Gasteiger charge is 2.22. The molecule has 1 unspecified atom stereocenters. The molecule has 1 aromatic carbocycles. The lowest BCUT2D eigenvalue weighted by Crippen LogP contribution is -2.34. The van der Waals surface area contributed by atoms with Crippen LogP contribution in [0, 0.1) is 0 Å². The van der Waals surface area contributed by atoms with Gasteiger partial charge in [-0.3, -0.25) is 9.59 Å². The van der Waals surface area contributed by atoms with E-state index in [1.165, 1.54) is 16.2 Å². The van der Waals surface area contributed by atoms with E-state index < -0.39 is 6.04 Å². The molecule has 1 N–H and O–H groups in total. The van der Waals surface area contributed by atoms with Crippen LogP contribution >= 0.6 is 11.3 Å². The molecule has 0 bridgehead atoms. The molecule has 0 spiro atoms. The molecule has 1 amide bonds. The zero-order valence-electron chi connectivity index (χ0n) is 13.0. The van der Waals surface area contributed by atoms with E-state index in [0.717, 1.165) is 29.6 Å². The average molecular weight is 341 g/mol. The van der Waals surface area contributed by atoms with Crippen LogP contribution in [-0.4, -0.2) is 25.9 Å². The lowest BCUT2D eigenvalue weighted by Gasteiger charge is -2.12. The van der Waals surface area contributed by atoms with Crippen molar-refractivity contribution in [2.45, 2.75) is 32.2 Å². The number of hydrogen-bond donors (Lipinski definition) is 1. The van der Waals surface area contributed by atoms with E-state index in [1.54, 1.807) is 31.2 Å². The number of benzene rings is 1. The highest BCUT2D eigenvalue weighted by molar-refractivity contribution is 7.15. The van der Waals surface area contributed by atoms with Crippen molar-refractivity contribution >= 4 is 33.3 Å². The first-order chi connectivity index (χ1) is 11.6. The second-order valence-corrected chi connectivity index (χ2v) is 6.85. The van der Waals surface area contributed by atoms with Crippen LogP contribution in [0.15, 0.2) is 29.1 Å². The van der Waals surface area contributed by atoms with E-state index in [1.807, 2.05) is 0 Å². The van der Waals surface area contributed by atoms with Gasteiger partial charge in [0.05, 0.1) is 11.1 Å². The average Bonchev–Trinajstić information content (AvgIpc) is 3.16. The van der Waals surface area contributed by atoms with Gasteiger partial charge in [0.15, 0.2) is 5.13 Å². The maximum absolute atomic E-state index is 12.5. The number of carbonyl (C=O) groups excluding carboxylic acids is 1. The summed E-state index contributed by atoms with van der Waals surface area (Å²) in [5, 5.41) is 11.7. The molecule has 0 radical (unpaired) electrons. The Morgan fingerprint density at radius 1 is 1.33 bits per heavy atom. The van der Waals surface area contributed by atoms with Crippen molar-refractivity contribution in [1.82, 2.24) is 20.0 Å². The Hall–Kier alpha value is -2.61. The van der Waals surface area contributed by atoms with Gasteiger partial charge in [0.2, 0.25) is 0 Å². The van der Waals surface area contributed by atoms with Crippen molar-refractivity contribution in [2.24, 2.45) is 0 Å². The Morgan fingerprint density at radius 2 is 2.17 bits per heavy atom. The van der Waals surface area contributed by atoms with Crippen LogP contribution in [0.5, 0.6) is 0 Å². The van der Waals surface area contributed by atoms with Crippen LogP contribution in [0.3, 0.4) is 0 Å². The van der Waals surface area contributed by atoms with Crippen molar-refractivity contribution < 1.29 is 4.79 Å². The standard InChI is InChI=1S/C16H15N5O2S/c1-9(14(22)18-16-17-12-7-4-8-13(12)24-16)21-15(23)10-5-2-3-6-11(10)19-20-21/h2-3,5-6,9H,4,7-8H2,1H3,(H,17,18,22). The summed E-state index contributed by atoms with van der Waals surface area (Å²) in [6, 6.07) is 6.18. The minimum absolute atomic E-state index is 0.325. The minimum Gasteiger partial charge on any atom is -0.300 e. The van der Waals surface area contributed by atoms with Gasteiger partial charge in [0.25, 0.3) is 11.5 Å². The lowest BCUT2D eigenvalue weighted by atomic mass is 10.2. The van der Waals surface area contributed by atoms with Crippen LogP contribution < -0.4 is 10.9 Å². The molecule has 24 heavy (non-hydrogen) atoms. The van der Waals surface area contributed by atoms with Crippen LogP contribution in [0.4, 0.5) is 5.13 Å². The molecule has 0 saturated carbocycles. The first kappa shape index (κ1) is 14.9. The Kier molecular flexibility index (Phi) is 3.61. The SMILES string of the molecule is CC(C(=O)Nc1nc2c(s1)CCC2)n1nnc2ccccc2c1=O. The second-order valence-electron chi connectivity index (χ2n) is 5.76. The summed E-state index contributed by atoms with van der Waals surface area (Å²) >= 11 is 1.50. The van der Waals surface area contributed by atoms with E-state index in [-0.39, 0.29) is 11.5 Å². The summed E-state index contributed by atoms with van der Waals surface area (Å²) in [7, 11) is 0. The predicted octanol–water partition coefficient (Wildman–Crippen LogP) is 1.94. The summed E-state index contributed by atoms with van der Waals surface area (Å²) in [6.07, 6.45) is 3.11. The van der Waals surface area contributed by atoms with E-state index >= 15 is 0 Å². The second kappa shape index (κ2) is 5.79. The van der Waals surface area contributed by atoms with Gasteiger partial charge in [-0.2, -0.15) is 4.68 Å². The molecule has 8 heteroatoms. The topological polar surface area (TPSA) is 89.8 Å². The fourth-order valence-electron chi connectivity index (χ4n) is 2.82. The summed E-state index contributed by atoms with van der Waals surface area (Å²) in [5.74, 6) is -0.325. The van der Waals surface area contributed by atoms with Gasteiger partial charge in [-0.1, -0.05) is 17.3 Å². The normalized spacial score (nSPS) is 14.5. The van der Waals surface area contributed by atoms with Crippen molar-refractivity contribution in [3.63, 3.8) is 0 Å². The lowest BCUT2D eigenvalue weighted by molar-refractivity contribution is -0.119. The molecule has 1 aliphatic carbocycles. The number of anilines is 1. The number of aromatic nitrogens is 4. The van der Waals surface area contributed by atoms with Gasteiger partial charge < -0.3 is 5.32 Å². The molecular formula is C16H15N5O2S. The number of thiazole rings is 1. The van der Waals surface area contributed by atoms with Gasteiger partial charge in [-0.25, -0.2) is 4.98 Å². The number of amides is 1. The minimum atomic E-state index is -0.770. The van der Waals surface area contributed by atoms with Gasteiger partial charge in [0.1, 0.15) is 11.6 Å². The van der Waals surface area contributed by atoms with E-state index in [4.69, 9.17) is 0 Å². The first-order valence-corrected chi connectivity index (χ1v) is 8.59. The Balaban J connectivity index is 1.60. The highest BCUT2D eigenvalue weighted by Crippen LogP contribution is 2.30. The number of rotatable bonds is 3. The van der Waals surface area contributed by atoms with Crippen LogP contribution in [-0.2, 0) is 17.6 Å². The monoisotopic (exact) mass is 341 g/mol. The molecule has 2 heterocycles. The maximum Gasteiger partial charge on any atom is 0.278 e. The zero-order chi connectivity index (χ0) is 16.7. The third-order valence-electron chi connectivity index (χ3n) is 4.16. The number of hydrogen-bond acceptors (Lipinski definition) is 6. The fraction of sp³-hybridized carbons (Fsp3) is 0.312. The first-order valence-electron chi connectivity index (χ1n) is 7.77. The molecule has 0 aliphatic heterocycles. The van der Waals surface area contributed by atoms with Gasteiger partial charge >= 0.3 is 0 Å².